The first-order valence-electron chi connectivity index (χ1n) is 4.71. The molecule has 0 aromatic heterocycles. The third kappa shape index (κ3) is 4.48. The molecule has 0 aliphatic heterocycles. The van der Waals surface area contributed by atoms with Crippen molar-refractivity contribution >= 4 is 34.8 Å². The van der Waals surface area contributed by atoms with E-state index < -0.39 is 0 Å². The summed E-state index contributed by atoms with van der Waals surface area (Å²) in [5.41, 5.74) is 7.49. The van der Waals surface area contributed by atoms with Crippen molar-refractivity contribution in [1.82, 2.24) is 0 Å². The fraction of sp³-hybridized carbons (Fsp3) is 0.167. The number of rotatable bonds is 3. The Balaban J connectivity index is 2.81. The lowest BCUT2D eigenvalue weighted by Crippen LogP contribution is -2.03. The molecule has 0 unspecified atom stereocenters. The predicted octanol–water partition coefficient (Wildman–Crippen LogP) is 4.43. The van der Waals surface area contributed by atoms with Crippen LogP contribution in [0.1, 0.15) is 12.5 Å². The molecular weight excluding hydrogens is 264 g/mol. The number of hydrogen-bond donors (Lipinski definition) is 1. The van der Waals surface area contributed by atoms with E-state index in [2.05, 4.69) is 0 Å². The summed E-state index contributed by atoms with van der Waals surface area (Å²) in [6.45, 7) is 1.75. The Labute approximate surface area is 110 Å². The number of benzene rings is 1. The SMILES string of the molecule is C/C(Cl)=C\C(Cl)=C(/N)Cc1ccc(Cl)cc1. The maximum Gasteiger partial charge on any atom is 0.0608 e. The van der Waals surface area contributed by atoms with Crippen LogP contribution in [0.25, 0.3) is 0 Å². The van der Waals surface area contributed by atoms with Gasteiger partial charge >= 0.3 is 0 Å². The Morgan fingerprint density at radius 1 is 1.25 bits per heavy atom. The molecule has 0 spiro atoms. The quantitative estimate of drug-likeness (QED) is 0.812. The minimum absolute atomic E-state index is 0.474. The zero-order valence-corrected chi connectivity index (χ0v) is 11.1. The molecule has 4 heteroatoms. The van der Waals surface area contributed by atoms with Crippen LogP contribution in [0.5, 0.6) is 0 Å². The molecule has 1 rings (SSSR count). The summed E-state index contributed by atoms with van der Waals surface area (Å²) in [5.74, 6) is 0. The van der Waals surface area contributed by atoms with Crippen molar-refractivity contribution in [2.75, 3.05) is 0 Å². The van der Waals surface area contributed by atoms with Crippen molar-refractivity contribution in [3.63, 3.8) is 0 Å². The van der Waals surface area contributed by atoms with Crippen LogP contribution in [-0.2, 0) is 6.42 Å². The average Bonchev–Trinajstić information content (AvgIpc) is 2.20. The van der Waals surface area contributed by atoms with Crippen molar-refractivity contribution in [3.8, 4) is 0 Å². The molecule has 0 saturated carbocycles. The Hall–Kier alpha value is -0.630. The Bertz CT molecular complexity index is 414. The van der Waals surface area contributed by atoms with Gasteiger partial charge in [0, 0.05) is 22.2 Å². The highest BCUT2D eigenvalue weighted by Crippen LogP contribution is 2.17. The van der Waals surface area contributed by atoms with E-state index in [9.17, 15) is 0 Å². The highest BCUT2D eigenvalue weighted by atomic mass is 35.5. The molecule has 1 nitrogen and oxygen atoms in total. The van der Waals surface area contributed by atoms with E-state index >= 15 is 0 Å². The summed E-state index contributed by atoms with van der Waals surface area (Å²) in [7, 11) is 0. The van der Waals surface area contributed by atoms with Gasteiger partial charge in [-0.25, -0.2) is 0 Å². The fourth-order valence-electron chi connectivity index (χ4n) is 1.17. The van der Waals surface area contributed by atoms with E-state index in [0.717, 1.165) is 5.56 Å². The Kier molecular flexibility index (Phi) is 5.20. The van der Waals surface area contributed by atoms with Crippen LogP contribution in [0, 0.1) is 0 Å². The van der Waals surface area contributed by atoms with E-state index in [4.69, 9.17) is 40.5 Å². The zero-order chi connectivity index (χ0) is 12.1. The van der Waals surface area contributed by atoms with Crippen molar-refractivity contribution in [2.45, 2.75) is 13.3 Å². The molecule has 0 aliphatic carbocycles. The Morgan fingerprint density at radius 2 is 1.81 bits per heavy atom. The second-order valence-corrected chi connectivity index (χ2v) is 4.85. The number of halogens is 3. The molecule has 0 saturated heterocycles. The highest BCUT2D eigenvalue weighted by molar-refractivity contribution is 6.34. The number of allylic oxidation sites excluding steroid dienone is 4. The van der Waals surface area contributed by atoms with Crippen LogP contribution in [-0.4, -0.2) is 0 Å². The Morgan fingerprint density at radius 3 is 2.31 bits per heavy atom. The van der Waals surface area contributed by atoms with Crippen molar-refractivity contribution in [1.29, 1.82) is 0 Å². The third-order valence-electron chi connectivity index (χ3n) is 1.94. The summed E-state index contributed by atoms with van der Waals surface area (Å²) in [5, 5.41) is 1.78. The zero-order valence-electron chi connectivity index (χ0n) is 8.81. The van der Waals surface area contributed by atoms with Gasteiger partial charge in [0.15, 0.2) is 0 Å². The van der Waals surface area contributed by atoms with Crippen molar-refractivity contribution in [3.05, 3.63) is 56.7 Å². The largest absolute Gasteiger partial charge is 0.401 e. The van der Waals surface area contributed by atoms with Gasteiger partial charge in [-0.1, -0.05) is 46.9 Å². The smallest absolute Gasteiger partial charge is 0.0608 e. The minimum atomic E-state index is 0.474. The monoisotopic (exact) mass is 275 g/mol. The van der Waals surface area contributed by atoms with E-state index in [1.54, 1.807) is 13.0 Å². The molecule has 1 aromatic carbocycles. The molecule has 0 atom stereocenters. The van der Waals surface area contributed by atoms with E-state index in [0.29, 0.717) is 27.2 Å². The van der Waals surface area contributed by atoms with Gasteiger partial charge in [0.1, 0.15) is 0 Å². The first-order chi connectivity index (χ1) is 7.49. The fourth-order valence-corrected chi connectivity index (χ4v) is 1.70. The van der Waals surface area contributed by atoms with E-state index in [1.165, 1.54) is 0 Å². The minimum Gasteiger partial charge on any atom is -0.401 e. The molecule has 0 bridgehead atoms. The van der Waals surface area contributed by atoms with Gasteiger partial charge in [0.25, 0.3) is 0 Å². The van der Waals surface area contributed by atoms with Gasteiger partial charge in [-0.3, -0.25) is 0 Å². The molecule has 2 N–H and O–H groups in total. The van der Waals surface area contributed by atoms with Crippen molar-refractivity contribution < 1.29 is 0 Å². The highest BCUT2D eigenvalue weighted by Gasteiger charge is 2.00. The van der Waals surface area contributed by atoms with Crippen LogP contribution in [0.3, 0.4) is 0 Å². The van der Waals surface area contributed by atoms with Gasteiger partial charge in [-0.05, 0) is 30.7 Å². The summed E-state index contributed by atoms with van der Waals surface area (Å²) in [6, 6.07) is 7.47. The first kappa shape index (κ1) is 13.4. The first-order valence-corrected chi connectivity index (χ1v) is 5.85. The van der Waals surface area contributed by atoms with Crippen LogP contribution >= 0.6 is 34.8 Å². The molecule has 0 fully saturated rings. The van der Waals surface area contributed by atoms with Gasteiger partial charge in [0.05, 0.1) is 5.03 Å². The summed E-state index contributed by atoms with van der Waals surface area (Å²) in [6.07, 6.45) is 2.21. The molecule has 0 heterocycles. The van der Waals surface area contributed by atoms with Gasteiger partial charge in [0.2, 0.25) is 0 Å². The second kappa shape index (κ2) is 6.19. The van der Waals surface area contributed by atoms with E-state index in [1.807, 2.05) is 24.3 Å². The average molecular weight is 277 g/mol. The predicted molar refractivity (Wildman–Crippen MR) is 71.8 cm³/mol. The normalized spacial score (nSPS) is 13.6. The molecule has 0 radical (unpaired) electrons. The topological polar surface area (TPSA) is 26.0 Å². The lowest BCUT2D eigenvalue weighted by molar-refractivity contribution is 1.10. The van der Waals surface area contributed by atoms with Crippen LogP contribution in [0.2, 0.25) is 5.02 Å². The van der Waals surface area contributed by atoms with Crippen LogP contribution in [0.15, 0.2) is 46.1 Å². The lowest BCUT2D eigenvalue weighted by atomic mass is 10.1. The standard InChI is InChI=1S/C12H12Cl3N/c1-8(13)6-11(15)12(16)7-9-2-4-10(14)5-3-9/h2-6H,7,16H2,1H3/b8-6+,12-11+. The summed E-state index contributed by atoms with van der Waals surface area (Å²) in [4.78, 5) is 0. The maximum absolute atomic E-state index is 5.98. The molecule has 16 heavy (non-hydrogen) atoms. The lowest BCUT2D eigenvalue weighted by Gasteiger charge is -2.04. The van der Waals surface area contributed by atoms with Gasteiger partial charge < -0.3 is 5.73 Å². The van der Waals surface area contributed by atoms with Crippen LogP contribution in [0.4, 0.5) is 0 Å². The molecule has 86 valence electrons. The molecule has 0 aliphatic rings. The van der Waals surface area contributed by atoms with Crippen LogP contribution < -0.4 is 5.73 Å². The number of nitrogens with two attached hydrogens (primary N) is 1. The molecular formula is C12H12Cl3N. The van der Waals surface area contributed by atoms with Gasteiger partial charge in [-0.2, -0.15) is 0 Å². The second-order valence-electron chi connectivity index (χ2n) is 3.41. The summed E-state index contributed by atoms with van der Waals surface area (Å²) < 4.78 is 0. The third-order valence-corrected chi connectivity index (χ3v) is 2.65. The molecule has 1 aromatic rings. The molecule has 0 amide bonds. The van der Waals surface area contributed by atoms with Crippen molar-refractivity contribution in [2.24, 2.45) is 5.73 Å². The van der Waals surface area contributed by atoms with Gasteiger partial charge in [-0.15, -0.1) is 0 Å². The number of hydrogen-bond acceptors (Lipinski definition) is 1. The summed E-state index contributed by atoms with van der Waals surface area (Å²) >= 11 is 17.5. The van der Waals surface area contributed by atoms with E-state index in [-0.39, 0.29) is 0 Å². The maximum atomic E-state index is 5.98.